The van der Waals surface area contributed by atoms with Gasteiger partial charge in [0.15, 0.2) is 5.15 Å². The van der Waals surface area contributed by atoms with Crippen molar-refractivity contribution in [3.63, 3.8) is 0 Å². The summed E-state index contributed by atoms with van der Waals surface area (Å²) < 4.78 is 9.72. The third-order valence-corrected chi connectivity index (χ3v) is 2.91. The second-order valence-electron chi connectivity index (χ2n) is 5.00. The molecule has 0 aromatic carbocycles. The SMILES string of the molecule is C.COc1ncnc(C(C)C)c1N.COc1ncnc(Cl)c1N.C[CH-]C.[Zn+][Br]. The minimum atomic E-state index is 0. The van der Waals surface area contributed by atoms with Crippen molar-refractivity contribution in [1.82, 2.24) is 19.9 Å². The molecule has 0 radical (unpaired) electrons. The second kappa shape index (κ2) is 19.1. The van der Waals surface area contributed by atoms with Gasteiger partial charge in [0.05, 0.1) is 19.9 Å². The quantitative estimate of drug-likeness (QED) is 0.335. The number of rotatable bonds is 3. The van der Waals surface area contributed by atoms with Gasteiger partial charge in [0, 0.05) is 0 Å². The molecule has 0 amide bonds. The van der Waals surface area contributed by atoms with Crippen LogP contribution in [0.3, 0.4) is 0 Å². The fraction of sp³-hybridized carbons (Fsp3) is 0.471. The van der Waals surface area contributed by atoms with Gasteiger partial charge in [0.25, 0.3) is 0 Å². The van der Waals surface area contributed by atoms with E-state index in [4.69, 9.17) is 32.5 Å². The predicted octanol–water partition coefficient (Wildman–Crippen LogP) is 4.62. The molecule has 4 N–H and O–H groups in total. The predicted molar refractivity (Wildman–Crippen MR) is 116 cm³/mol. The first kappa shape index (κ1) is 31.4. The van der Waals surface area contributed by atoms with Gasteiger partial charge in [0.2, 0.25) is 11.8 Å². The van der Waals surface area contributed by atoms with Crippen LogP contribution in [0.2, 0.25) is 5.15 Å². The van der Waals surface area contributed by atoms with Crippen LogP contribution in [0.4, 0.5) is 11.4 Å². The van der Waals surface area contributed by atoms with Gasteiger partial charge in [-0.1, -0.05) is 32.9 Å². The number of hydrogen-bond acceptors (Lipinski definition) is 8. The van der Waals surface area contributed by atoms with Gasteiger partial charge in [-0.2, -0.15) is 23.8 Å². The van der Waals surface area contributed by atoms with Crippen molar-refractivity contribution >= 4 is 36.6 Å². The Balaban J connectivity index is -0.000000356. The molecule has 2 aromatic rings. The molecular formula is C17H30BrClN6O2Zn. The molecule has 0 aliphatic carbocycles. The number of nitrogens with zero attached hydrogens (tertiary/aromatic N) is 4. The molecule has 0 spiro atoms. The van der Waals surface area contributed by atoms with Gasteiger partial charge in [-0.15, -0.1) is 0 Å². The molecule has 0 fully saturated rings. The zero-order chi connectivity index (χ0) is 21.4. The van der Waals surface area contributed by atoms with Gasteiger partial charge in [-0.05, 0) is 5.92 Å². The van der Waals surface area contributed by atoms with Crippen molar-refractivity contribution < 1.29 is 25.8 Å². The van der Waals surface area contributed by atoms with E-state index < -0.39 is 0 Å². The van der Waals surface area contributed by atoms with Crippen molar-refractivity contribution in [3.05, 3.63) is 29.9 Å². The van der Waals surface area contributed by atoms with Crippen molar-refractivity contribution in [2.75, 3.05) is 25.7 Å². The first-order valence-corrected chi connectivity index (χ1v) is 15.1. The first-order chi connectivity index (χ1) is 12.8. The summed E-state index contributed by atoms with van der Waals surface area (Å²) in [7, 11) is 3.01. The van der Waals surface area contributed by atoms with E-state index in [2.05, 4.69) is 33.6 Å². The third-order valence-electron chi connectivity index (χ3n) is 2.61. The maximum absolute atomic E-state index is 5.74. The summed E-state index contributed by atoms with van der Waals surface area (Å²) in [5, 5.41) is 0.215. The van der Waals surface area contributed by atoms with Gasteiger partial charge < -0.3 is 27.4 Å². The zero-order valence-corrected chi connectivity index (χ0v) is 21.8. The van der Waals surface area contributed by atoms with Gasteiger partial charge in [-0.3, -0.25) is 0 Å². The molecule has 0 aliphatic heterocycles. The van der Waals surface area contributed by atoms with Gasteiger partial charge >= 0.3 is 30.0 Å². The fourth-order valence-electron chi connectivity index (χ4n) is 1.54. The Hall–Kier alpha value is -1.25. The van der Waals surface area contributed by atoms with Crippen LogP contribution in [-0.4, -0.2) is 34.2 Å². The molecule has 0 bridgehead atoms. The molecular weight excluding hydrogens is 501 g/mol. The van der Waals surface area contributed by atoms with E-state index in [1.165, 1.54) is 36.1 Å². The van der Waals surface area contributed by atoms with Crippen LogP contribution in [0, 0.1) is 6.42 Å². The van der Waals surface area contributed by atoms with Gasteiger partial charge in [-0.25, -0.2) is 9.97 Å². The van der Waals surface area contributed by atoms with Gasteiger partial charge in [0.1, 0.15) is 24.0 Å². The number of halogens is 2. The van der Waals surface area contributed by atoms with E-state index in [0.29, 0.717) is 23.4 Å². The zero-order valence-electron chi connectivity index (χ0n) is 16.5. The van der Waals surface area contributed by atoms with E-state index >= 15 is 0 Å². The average Bonchev–Trinajstić information content (AvgIpc) is 2.67. The van der Waals surface area contributed by atoms with E-state index in [0.717, 1.165) is 5.69 Å². The molecule has 0 atom stereocenters. The average molecular weight is 531 g/mol. The number of nitrogens with two attached hydrogens (primary N) is 2. The molecule has 0 saturated heterocycles. The summed E-state index contributed by atoms with van der Waals surface area (Å²) in [5.74, 6) is 1.05. The van der Waals surface area contributed by atoms with Crippen LogP contribution >= 0.6 is 25.2 Å². The molecule has 0 aliphatic rings. The van der Waals surface area contributed by atoms with E-state index in [1.807, 2.05) is 34.1 Å². The van der Waals surface area contributed by atoms with Crippen LogP contribution in [0.25, 0.3) is 0 Å². The molecule has 2 rings (SSSR count). The number of ether oxygens (including phenoxy) is 2. The standard InChI is InChI=1S/C8H13N3O.C5H6ClN3O.C3H7.CH4.BrH.Zn/c1-5(2)7-6(9)8(12-3)11-4-10-7;1-10-5-3(7)4(6)8-2-9-5;1-3-2;;;/h4-5H,9H2,1-3H3;2H,7H2,1H3;3H,1-2H3;1H4;1H;/q;;-1;;;+2/p-1. The normalized spacial score (nSPS) is 8.68. The summed E-state index contributed by atoms with van der Waals surface area (Å²) in [5.41, 5.74) is 12.8. The Morgan fingerprint density at radius 1 is 0.964 bits per heavy atom. The Morgan fingerprint density at radius 3 is 1.71 bits per heavy atom. The van der Waals surface area contributed by atoms with E-state index in [1.54, 1.807) is 7.11 Å². The summed E-state index contributed by atoms with van der Waals surface area (Å²) in [4.78, 5) is 15.3. The maximum atomic E-state index is 5.74. The van der Waals surface area contributed by atoms with Crippen LogP contribution in [0.5, 0.6) is 11.8 Å². The van der Waals surface area contributed by atoms with Crippen LogP contribution < -0.4 is 20.9 Å². The molecule has 2 aromatic heterocycles. The second-order valence-corrected chi connectivity index (χ2v) is 5.36. The summed E-state index contributed by atoms with van der Waals surface area (Å²) in [6, 6.07) is 0. The molecule has 0 unspecified atom stereocenters. The summed E-state index contributed by atoms with van der Waals surface area (Å²) >= 11 is 9.79. The third kappa shape index (κ3) is 11.6. The monoisotopic (exact) mass is 528 g/mol. The molecule has 2 heterocycles. The molecule has 11 heteroatoms. The Morgan fingerprint density at radius 2 is 1.36 bits per heavy atom. The summed E-state index contributed by atoms with van der Waals surface area (Å²) in [6.45, 7) is 8.05. The summed E-state index contributed by atoms with van der Waals surface area (Å²) in [6.07, 6.45) is 4.75. The number of nitrogen functional groups attached to an aromatic ring is 2. The first-order valence-electron chi connectivity index (χ1n) is 7.78. The van der Waals surface area contributed by atoms with Crippen molar-refractivity contribution in [2.45, 2.75) is 41.0 Å². The van der Waals surface area contributed by atoms with Crippen LogP contribution in [0.1, 0.15) is 46.7 Å². The number of methoxy groups -OCH3 is 2. The molecule has 8 nitrogen and oxygen atoms in total. The van der Waals surface area contributed by atoms with E-state index in [-0.39, 0.29) is 18.3 Å². The molecule has 156 valence electrons. The van der Waals surface area contributed by atoms with Crippen molar-refractivity contribution in [1.29, 1.82) is 0 Å². The van der Waals surface area contributed by atoms with E-state index in [9.17, 15) is 0 Å². The van der Waals surface area contributed by atoms with Crippen LogP contribution in [-0.2, 0) is 16.3 Å². The van der Waals surface area contributed by atoms with Crippen LogP contribution in [0.15, 0.2) is 12.7 Å². The fourth-order valence-corrected chi connectivity index (χ4v) is 1.66. The molecule has 28 heavy (non-hydrogen) atoms. The Kier molecular flexibility index (Phi) is 21.4. The van der Waals surface area contributed by atoms with Crippen molar-refractivity contribution in [2.24, 2.45) is 0 Å². The van der Waals surface area contributed by atoms with Crippen molar-refractivity contribution in [3.8, 4) is 11.8 Å². The molecule has 0 saturated carbocycles. The number of hydrogen-bond donors (Lipinski definition) is 2. The number of anilines is 2. The topological polar surface area (TPSA) is 122 Å². The minimum absolute atomic E-state index is 0. The Bertz CT molecular complexity index is 653. The number of aromatic nitrogens is 4. The Labute approximate surface area is 190 Å².